The average molecular weight is 285 g/mol. The van der Waals surface area contributed by atoms with E-state index in [1.807, 2.05) is 19.1 Å². The van der Waals surface area contributed by atoms with E-state index in [1.165, 1.54) is 6.07 Å². The van der Waals surface area contributed by atoms with E-state index >= 15 is 0 Å². The number of nitrogens with one attached hydrogen (secondary N) is 1. The number of hydrogen-bond donors (Lipinski definition) is 1. The van der Waals surface area contributed by atoms with Crippen LogP contribution >= 0.6 is 0 Å². The maximum Gasteiger partial charge on any atom is 0.422 e. The topological polar surface area (TPSA) is 38.3 Å². The minimum absolute atomic E-state index is 0.0592. The van der Waals surface area contributed by atoms with Crippen LogP contribution in [0.4, 0.5) is 13.2 Å². The quantitative estimate of drug-likeness (QED) is 0.864. The summed E-state index contributed by atoms with van der Waals surface area (Å²) in [6.07, 6.45) is -0.767. The summed E-state index contributed by atoms with van der Waals surface area (Å²) in [6.45, 7) is 2.06. The van der Waals surface area contributed by atoms with Crippen LogP contribution in [-0.4, -0.2) is 24.2 Å². The molecule has 0 aromatic heterocycles. The number of hydrogen-bond acceptors (Lipinski definition) is 2. The normalized spacial score (nSPS) is 15.8. The second kappa shape index (κ2) is 4.85. The molecule has 1 amide bonds. The first-order chi connectivity index (χ1) is 9.19. The molecular formula is C14H14F3NO2. The van der Waals surface area contributed by atoms with Crippen molar-refractivity contribution in [2.24, 2.45) is 0 Å². The van der Waals surface area contributed by atoms with Crippen LogP contribution in [0.25, 0.3) is 0 Å². The average Bonchev–Trinajstić information content (AvgIpc) is 3.04. The minimum Gasteiger partial charge on any atom is -0.484 e. The number of aryl methyl sites for hydroxylation is 1. The van der Waals surface area contributed by atoms with Crippen LogP contribution in [0.15, 0.2) is 30.4 Å². The molecule has 3 nitrogen and oxygen atoms in total. The molecule has 0 saturated carbocycles. The highest BCUT2D eigenvalue weighted by molar-refractivity contribution is 5.96. The van der Waals surface area contributed by atoms with Crippen molar-refractivity contribution in [2.45, 2.75) is 25.6 Å². The molecular weight excluding hydrogens is 271 g/mol. The summed E-state index contributed by atoms with van der Waals surface area (Å²) < 4.78 is 41.2. The summed E-state index contributed by atoms with van der Waals surface area (Å²) in [7, 11) is 0. The molecule has 0 spiro atoms. The van der Waals surface area contributed by atoms with Crippen molar-refractivity contribution < 1.29 is 22.7 Å². The van der Waals surface area contributed by atoms with Crippen molar-refractivity contribution in [1.82, 2.24) is 5.32 Å². The van der Waals surface area contributed by atoms with Gasteiger partial charge in [0.2, 0.25) is 0 Å². The first-order valence-corrected chi connectivity index (χ1v) is 6.02. The van der Waals surface area contributed by atoms with Crippen LogP contribution in [0.5, 0.6) is 5.75 Å². The smallest absolute Gasteiger partial charge is 0.422 e. The number of benzene rings is 1. The molecule has 20 heavy (non-hydrogen) atoms. The first kappa shape index (κ1) is 14.4. The van der Waals surface area contributed by atoms with Gasteiger partial charge in [-0.15, -0.1) is 0 Å². The number of carbonyl (C=O) groups excluding carboxylic acids is 1. The highest BCUT2D eigenvalue weighted by atomic mass is 19.4. The maximum absolute atomic E-state index is 12.2. The molecule has 1 aromatic carbocycles. The molecule has 0 saturated heterocycles. The lowest BCUT2D eigenvalue weighted by Crippen LogP contribution is -2.35. The van der Waals surface area contributed by atoms with Crippen LogP contribution in [-0.2, 0) is 0 Å². The second-order valence-electron chi connectivity index (χ2n) is 4.95. The predicted octanol–water partition coefficient (Wildman–Crippen LogP) is 2.99. The number of carbonyl (C=O) groups is 1. The number of alkyl halides is 3. The second-order valence-corrected chi connectivity index (χ2v) is 4.95. The van der Waals surface area contributed by atoms with Gasteiger partial charge in [-0.3, -0.25) is 4.79 Å². The number of halogens is 3. The Morgan fingerprint density at radius 2 is 2.00 bits per heavy atom. The monoisotopic (exact) mass is 285 g/mol. The summed E-state index contributed by atoms with van der Waals surface area (Å²) in [5.41, 5.74) is 0.388. The summed E-state index contributed by atoms with van der Waals surface area (Å²) in [5, 5.41) is 2.74. The third kappa shape index (κ3) is 3.76. The summed E-state index contributed by atoms with van der Waals surface area (Å²) >= 11 is 0. The molecule has 0 atom stereocenters. The molecule has 0 fully saturated rings. The van der Waals surface area contributed by atoms with Crippen LogP contribution in [0.2, 0.25) is 0 Å². The largest absolute Gasteiger partial charge is 0.484 e. The number of amides is 1. The van der Waals surface area contributed by atoms with E-state index in [4.69, 9.17) is 4.74 Å². The predicted molar refractivity (Wildman–Crippen MR) is 67.7 cm³/mol. The summed E-state index contributed by atoms with van der Waals surface area (Å²) in [5.74, 6) is -0.293. The van der Waals surface area contributed by atoms with E-state index < -0.39 is 18.3 Å². The SMILES string of the molecule is Cc1ccc(C(=O)NC2(C)C=C2)cc1OCC(F)(F)F. The third-order valence-electron chi connectivity index (χ3n) is 2.89. The van der Waals surface area contributed by atoms with Gasteiger partial charge in [0.05, 0.1) is 5.54 Å². The van der Waals surface area contributed by atoms with E-state index in [0.717, 1.165) is 0 Å². The Morgan fingerprint density at radius 1 is 1.35 bits per heavy atom. The molecule has 0 bridgehead atoms. The van der Waals surface area contributed by atoms with Gasteiger partial charge >= 0.3 is 6.18 Å². The fourth-order valence-corrected chi connectivity index (χ4v) is 1.58. The van der Waals surface area contributed by atoms with Crippen molar-refractivity contribution in [1.29, 1.82) is 0 Å². The van der Waals surface area contributed by atoms with Crippen LogP contribution in [0.3, 0.4) is 0 Å². The van der Waals surface area contributed by atoms with Gasteiger partial charge in [0.15, 0.2) is 6.61 Å². The molecule has 1 aliphatic carbocycles. The van der Waals surface area contributed by atoms with Crippen LogP contribution < -0.4 is 10.1 Å². The molecule has 0 aliphatic heterocycles. The van der Waals surface area contributed by atoms with E-state index in [-0.39, 0.29) is 17.2 Å². The number of rotatable bonds is 4. The molecule has 0 unspecified atom stereocenters. The molecule has 108 valence electrons. The lowest BCUT2D eigenvalue weighted by Gasteiger charge is -2.15. The Labute approximate surface area is 114 Å². The molecule has 0 radical (unpaired) electrons. The van der Waals surface area contributed by atoms with Gasteiger partial charge in [0.25, 0.3) is 5.91 Å². The van der Waals surface area contributed by atoms with E-state index in [1.54, 1.807) is 19.1 Å². The Kier molecular flexibility index (Phi) is 3.50. The van der Waals surface area contributed by atoms with Crippen LogP contribution in [0.1, 0.15) is 22.8 Å². The van der Waals surface area contributed by atoms with Gasteiger partial charge in [-0.1, -0.05) is 18.2 Å². The van der Waals surface area contributed by atoms with Gasteiger partial charge in [-0.05, 0) is 31.5 Å². The van der Waals surface area contributed by atoms with Gasteiger partial charge < -0.3 is 10.1 Å². The van der Waals surface area contributed by atoms with Crippen molar-refractivity contribution in [3.8, 4) is 5.75 Å². The minimum atomic E-state index is -4.41. The highest BCUT2D eigenvalue weighted by Gasteiger charge is 2.31. The van der Waals surface area contributed by atoms with E-state index in [2.05, 4.69) is 5.32 Å². The molecule has 1 aliphatic rings. The van der Waals surface area contributed by atoms with Crippen molar-refractivity contribution in [2.75, 3.05) is 6.61 Å². The molecule has 0 heterocycles. The first-order valence-electron chi connectivity index (χ1n) is 6.02. The zero-order chi connectivity index (χ0) is 15.0. The Morgan fingerprint density at radius 3 is 2.55 bits per heavy atom. The zero-order valence-electron chi connectivity index (χ0n) is 11.0. The lowest BCUT2D eigenvalue weighted by molar-refractivity contribution is -0.153. The Hall–Kier alpha value is -1.98. The van der Waals surface area contributed by atoms with Gasteiger partial charge in [-0.25, -0.2) is 0 Å². The van der Waals surface area contributed by atoms with Gasteiger partial charge in [0.1, 0.15) is 5.75 Å². The van der Waals surface area contributed by atoms with Gasteiger partial charge in [-0.2, -0.15) is 13.2 Å². The summed E-state index contributed by atoms with van der Waals surface area (Å²) in [6, 6.07) is 4.43. The van der Waals surface area contributed by atoms with Crippen molar-refractivity contribution in [3.05, 3.63) is 41.5 Å². The van der Waals surface area contributed by atoms with Crippen molar-refractivity contribution in [3.63, 3.8) is 0 Å². The molecule has 1 N–H and O–H groups in total. The number of ether oxygens (including phenoxy) is 1. The van der Waals surface area contributed by atoms with Gasteiger partial charge in [0, 0.05) is 5.56 Å². The zero-order valence-corrected chi connectivity index (χ0v) is 11.0. The fraction of sp³-hybridized carbons (Fsp3) is 0.357. The maximum atomic E-state index is 12.2. The lowest BCUT2D eigenvalue weighted by atomic mass is 10.1. The Balaban J connectivity index is 2.09. The Bertz CT molecular complexity index is 558. The fourth-order valence-electron chi connectivity index (χ4n) is 1.58. The molecule has 2 rings (SSSR count). The molecule has 6 heteroatoms. The summed E-state index contributed by atoms with van der Waals surface area (Å²) in [4.78, 5) is 11.9. The van der Waals surface area contributed by atoms with Crippen LogP contribution in [0, 0.1) is 6.92 Å². The molecule has 1 aromatic rings. The highest BCUT2D eigenvalue weighted by Crippen LogP contribution is 2.25. The van der Waals surface area contributed by atoms with E-state index in [0.29, 0.717) is 5.56 Å². The standard InChI is InChI=1S/C14H14F3NO2/c1-9-3-4-10(12(19)18-13(2)5-6-13)7-11(9)20-8-14(15,16)17/h3-7H,8H2,1-2H3,(H,18,19). The third-order valence-corrected chi connectivity index (χ3v) is 2.89. The van der Waals surface area contributed by atoms with Crippen molar-refractivity contribution >= 4 is 5.91 Å². The van der Waals surface area contributed by atoms with E-state index in [9.17, 15) is 18.0 Å².